The second kappa shape index (κ2) is 1.91. The van der Waals surface area contributed by atoms with Gasteiger partial charge in [-0.3, -0.25) is 4.79 Å². The summed E-state index contributed by atoms with van der Waals surface area (Å²) < 4.78 is 0. The van der Waals surface area contributed by atoms with Crippen molar-refractivity contribution in [2.24, 2.45) is 0 Å². The van der Waals surface area contributed by atoms with E-state index in [9.17, 15) is 4.79 Å². The number of hydrogen-bond acceptors (Lipinski definition) is 2. The Bertz CT molecular complexity index is 93.7. The zero-order chi connectivity index (χ0) is 5.28. The first-order chi connectivity index (χ1) is 3.30. The molecule has 0 aromatic heterocycles. The van der Waals surface area contributed by atoms with Crippen LogP contribution in [0.1, 0.15) is 6.42 Å². The van der Waals surface area contributed by atoms with Crippen LogP contribution in [0.5, 0.6) is 0 Å². The van der Waals surface area contributed by atoms with Crippen molar-refractivity contribution in [3.05, 3.63) is 0 Å². The van der Waals surface area contributed by atoms with Gasteiger partial charge in [-0.25, -0.2) is 0 Å². The van der Waals surface area contributed by atoms with Gasteiger partial charge in [-0.2, -0.15) is 0 Å². The van der Waals surface area contributed by atoms with Crippen LogP contribution in [0.3, 0.4) is 0 Å². The summed E-state index contributed by atoms with van der Waals surface area (Å²) in [7, 11) is 5.31. The molecule has 1 aliphatic rings. The van der Waals surface area contributed by atoms with E-state index < -0.39 is 0 Å². The maximum atomic E-state index is 10.4. The largest absolute Gasteiger partial charge is 0.288 e. The van der Waals surface area contributed by atoms with Crippen LogP contribution in [0.2, 0.25) is 5.82 Å². The lowest BCUT2D eigenvalue weighted by Gasteiger charge is -1.89. The number of thioether (sulfide) groups is 1. The van der Waals surface area contributed by atoms with Crippen molar-refractivity contribution in [3.63, 3.8) is 0 Å². The molecule has 1 unspecified atom stereocenters. The monoisotopic (exact) mass is 112 g/mol. The van der Waals surface area contributed by atoms with Crippen molar-refractivity contribution in [1.82, 2.24) is 0 Å². The lowest BCUT2D eigenvalue weighted by Crippen LogP contribution is -1.93. The highest BCUT2D eigenvalue weighted by atomic mass is 32.2. The summed E-state index contributed by atoms with van der Waals surface area (Å²) in [4.78, 5) is 10.4. The standard InChI is InChI=1S/C4H5BOS/c5-3-1-2-7-4(3)6/h3H,1-2H2. The molecule has 0 aliphatic carbocycles. The molecule has 1 fully saturated rings. The summed E-state index contributed by atoms with van der Waals surface area (Å²) in [6, 6.07) is 0. The highest BCUT2D eigenvalue weighted by Gasteiger charge is 2.18. The first-order valence-corrected chi connectivity index (χ1v) is 3.21. The maximum Gasteiger partial charge on any atom is 0.183 e. The van der Waals surface area contributed by atoms with Crippen LogP contribution >= 0.6 is 11.8 Å². The van der Waals surface area contributed by atoms with Crippen LogP contribution in [0.4, 0.5) is 0 Å². The molecule has 2 radical (unpaired) electrons. The molecular formula is C4H5BOS. The van der Waals surface area contributed by atoms with Crippen LogP contribution < -0.4 is 0 Å². The molecule has 1 heterocycles. The molecule has 0 amide bonds. The predicted octanol–water partition coefficient (Wildman–Crippen LogP) is 0.607. The zero-order valence-electron chi connectivity index (χ0n) is 3.89. The summed E-state index contributed by atoms with van der Waals surface area (Å²) in [6.07, 6.45) is 0.865. The highest BCUT2D eigenvalue weighted by molar-refractivity contribution is 8.14. The summed E-state index contributed by atoms with van der Waals surface area (Å²) in [6.45, 7) is 0. The Morgan fingerprint density at radius 2 is 2.57 bits per heavy atom. The zero-order valence-corrected chi connectivity index (χ0v) is 4.70. The van der Waals surface area contributed by atoms with Gasteiger partial charge in [-0.1, -0.05) is 11.8 Å². The third-order valence-corrected chi connectivity index (χ3v) is 2.00. The van der Waals surface area contributed by atoms with E-state index in [0.29, 0.717) is 0 Å². The second-order valence-electron chi connectivity index (χ2n) is 1.56. The van der Waals surface area contributed by atoms with Crippen LogP contribution in [0, 0.1) is 0 Å². The van der Waals surface area contributed by atoms with Crippen LogP contribution in [0.15, 0.2) is 0 Å². The quantitative estimate of drug-likeness (QED) is 0.427. The van der Waals surface area contributed by atoms with Gasteiger partial charge >= 0.3 is 0 Å². The van der Waals surface area contributed by atoms with Crippen LogP contribution in [-0.4, -0.2) is 18.7 Å². The van der Waals surface area contributed by atoms with E-state index in [0.717, 1.165) is 12.2 Å². The Morgan fingerprint density at radius 1 is 1.86 bits per heavy atom. The smallest absolute Gasteiger partial charge is 0.183 e. The lowest BCUT2D eigenvalue weighted by atomic mass is 9.87. The van der Waals surface area contributed by atoms with Crippen molar-refractivity contribution in [2.45, 2.75) is 12.2 Å². The normalized spacial score (nSPS) is 31.4. The fraction of sp³-hybridized carbons (Fsp3) is 0.750. The molecule has 1 aliphatic heterocycles. The summed E-state index contributed by atoms with van der Waals surface area (Å²) in [5.41, 5.74) is 0. The molecule has 0 aromatic rings. The average Bonchev–Trinajstić information content (AvgIpc) is 1.91. The second-order valence-corrected chi connectivity index (χ2v) is 2.66. The minimum absolute atomic E-state index is 0.153. The Balaban J connectivity index is 2.48. The van der Waals surface area contributed by atoms with Gasteiger partial charge in [-0.15, -0.1) is 0 Å². The van der Waals surface area contributed by atoms with Gasteiger partial charge in [-0.05, 0) is 12.2 Å². The fourth-order valence-electron chi connectivity index (χ4n) is 0.511. The Labute approximate surface area is 48.3 Å². The molecule has 0 spiro atoms. The summed E-state index contributed by atoms with van der Waals surface area (Å²) >= 11 is 1.34. The molecule has 0 N–H and O–H groups in total. The van der Waals surface area contributed by atoms with E-state index >= 15 is 0 Å². The van der Waals surface area contributed by atoms with E-state index in [1.165, 1.54) is 11.8 Å². The van der Waals surface area contributed by atoms with Gasteiger partial charge in [0.15, 0.2) is 5.12 Å². The van der Waals surface area contributed by atoms with Crippen molar-refractivity contribution in [3.8, 4) is 0 Å². The minimum atomic E-state index is -0.162. The van der Waals surface area contributed by atoms with Crippen molar-refractivity contribution < 1.29 is 4.79 Å². The van der Waals surface area contributed by atoms with E-state index in [1.54, 1.807) is 0 Å². The Kier molecular flexibility index (Phi) is 1.42. The maximum absolute atomic E-state index is 10.4. The van der Waals surface area contributed by atoms with Gasteiger partial charge in [0.2, 0.25) is 0 Å². The van der Waals surface area contributed by atoms with E-state index in [2.05, 4.69) is 0 Å². The molecule has 1 saturated heterocycles. The molecular weight excluding hydrogens is 107 g/mol. The van der Waals surface area contributed by atoms with Crippen molar-refractivity contribution in [1.29, 1.82) is 0 Å². The topological polar surface area (TPSA) is 17.1 Å². The number of hydrogen-bond donors (Lipinski definition) is 0. The van der Waals surface area contributed by atoms with E-state index in [4.69, 9.17) is 7.85 Å². The van der Waals surface area contributed by atoms with Crippen LogP contribution in [0.25, 0.3) is 0 Å². The number of carbonyl (C=O) groups excluding carboxylic acids is 1. The molecule has 36 valence electrons. The molecule has 1 atom stereocenters. The first kappa shape index (κ1) is 5.23. The molecule has 0 aromatic carbocycles. The highest BCUT2D eigenvalue weighted by Crippen LogP contribution is 2.26. The fourth-order valence-corrected chi connectivity index (χ4v) is 1.42. The summed E-state index contributed by atoms with van der Waals surface area (Å²) in [5, 5.41) is 0.153. The van der Waals surface area contributed by atoms with Gasteiger partial charge in [0.1, 0.15) is 0 Å². The third-order valence-electron chi connectivity index (χ3n) is 0.976. The molecule has 0 saturated carbocycles. The molecule has 1 nitrogen and oxygen atoms in total. The van der Waals surface area contributed by atoms with Crippen molar-refractivity contribution >= 4 is 24.7 Å². The van der Waals surface area contributed by atoms with Crippen molar-refractivity contribution in [2.75, 3.05) is 5.75 Å². The molecule has 1 rings (SSSR count). The van der Waals surface area contributed by atoms with Crippen LogP contribution in [-0.2, 0) is 4.79 Å². The molecule has 3 heteroatoms. The minimum Gasteiger partial charge on any atom is -0.288 e. The van der Waals surface area contributed by atoms with E-state index in [-0.39, 0.29) is 10.9 Å². The third kappa shape index (κ3) is 0.998. The van der Waals surface area contributed by atoms with Gasteiger partial charge in [0.25, 0.3) is 0 Å². The SMILES string of the molecule is [B]C1CCSC1=O. The Morgan fingerprint density at radius 3 is 2.71 bits per heavy atom. The average molecular weight is 112 g/mol. The summed E-state index contributed by atoms with van der Waals surface area (Å²) in [5.74, 6) is 0.755. The number of rotatable bonds is 0. The first-order valence-electron chi connectivity index (χ1n) is 2.23. The van der Waals surface area contributed by atoms with Gasteiger partial charge in [0, 0.05) is 5.75 Å². The van der Waals surface area contributed by atoms with Gasteiger partial charge < -0.3 is 0 Å². The Hall–Kier alpha value is 0.0849. The molecule has 7 heavy (non-hydrogen) atoms. The predicted molar refractivity (Wildman–Crippen MR) is 31.6 cm³/mol. The van der Waals surface area contributed by atoms with Gasteiger partial charge in [0.05, 0.1) is 7.85 Å². The van der Waals surface area contributed by atoms with E-state index in [1.807, 2.05) is 0 Å². The number of carbonyl (C=O) groups is 1. The molecule has 0 bridgehead atoms. The lowest BCUT2D eigenvalue weighted by molar-refractivity contribution is -0.110.